The molecule has 1 aliphatic heterocycles. The number of aryl methyl sites for hydroxylation is 2. The maximum Gasteiger partial charge on any atom is 0.261 e. The van der Waals surface area contributed by atoms with Gasteiger partial charge in [0.1, 0.15) is 11.3 Å². The van der Waals surface area contributed by atoms with E-state index in [-0.39, 0.29) is 5.91 Å². The molecule has 0 fully saturated rings. The number of para-hydroxylation sites is 2. The molecule has 0 bridgehead atoms. The summed E-state index contributed by atoms with van der Waals surface area (Å²) in [6.45, 7) is 5.35. The molecule has 3 heterocycles. The van der Waals surface area contributed by atoms with Crippen LogP contribution in [0.3, 0.4) is 0 Å². The lowest BCUT2D eigenvalue weighted by Gasteiger charge is -2.30. The fourth-order valence-electron chi connectivity index (χ4n) is 3.30. The largest absolute Gasteiger partial charge is 0.365 e. The summed E-state index contributed by atoms with van der Waals surface area (Å²) in [7, 11) is 0. The van der Waals surface area contributed by atoms with Crippen LogP contribution in [0.5, 0.6) is 0 Å². The summed E-state index contributed by atoms with van der Waals surface area (Å²) in [6.07, 6.45) is 1.04. The van der Waals surface area contributed by atoms with Crippen LogP contribution in [0.2, 0.25) is 0 Å². The van der Waals surface area contributed by atoms with Gasteiger partial charge >= 0.3 is 0 Å². The Morgan fingerprint density at radius 2 is 2.12 bits per heavy atom. The van der Waals surface area contributed by atoms with Crippen molar-refractivity contribution in [1.82, 2.24) is 5.16 Å². The molecule has 1 aromatic carbocycles. The third-order valence-electron chi connectivity index (χ3n) is 4.56. The van der Waals surface area contributed by atoms with Gasteiger partial charge in [-0.05, 0) is 49.4 Å². The molecule has 25 heavy (non-hydrogen) atoms. The molecule has 5 nitrogen and oxygen atoms in total. The predicted molar refractivity (Wildman–Crippen MR) is 99.4 cm³/mol. The van der Waals surface area contributed by atoms with Crippen LogP contribution in [-0.4, -0.2) is 17.6 Å². The first-order valence-electron chi connectivity index (χ1n) is 8.27. The zero-order chi connectivity index (χ0) is 17.4. The number of nitrogens with one attached hydrogen (secondary N) is 1. The predicted octanol–water partition coefficient (Wildman–Crippen LogP) is 4.17. The smallest absolute Gasteiger partial charge is 0.261 e. The number of aromatic nitrogens is 1. The molecule has 3 aromatic rings. The highest BCUT2D eigenvalue weighted by Crippen LogP contribution is 2.32. The van der Waals surface area contributed by atoms with Crippen molar-refractivity contribution in [2.24, 2.45) is 0 Å². The number of hydrogen-bond acceptors (Lipinski definition) is 5. The van der Waals surface area contributed by atoms with Crippen LogP contribution in [0.15, 0.2) is 40.2 Å². The van der Waals surface area contributed by atoms with Crippen LogP contribution < -0.4 is 10.2 Å². The van der Waals surface area contributed by atoms with Crippen molar-refractivity contribution >= 4 is 28.6 Å². The fraction of sp³-hybridized carbons (Fsp3) is 0.263. The molecule has 6 heteroatoms. The van der Waals surface area contributed by atoms with E-state index in [1.165, 1.54) is 10.4 Å². The average Bonchev–Trinajstić information content (AvgIpc) is 3.21. The molecular weight excluding hydrogens is 334 g/mol. The molecule has 1 N–H and O–H groups in total. The Kier molecular flexibility index (Phi) is 4.05. The lowest BCUT2D eigenvalue weighted by Crippen LogP contribution is -2.30. The van der Waals surface area contributed by atoms with Gasteiger partial charge in [-0.3, -0.25) is 4.79 Å². The normalized spacial score (nSPS) is 13.6. The summed E-state index contributed by atoms with van der Waals surface area (Å²) in [5.41, 5.74) is 4.34. The van der Waals surface area contributed by atoms with E-state index in [1.54, 1.807) is 13.8 Å². The topological polar surface area (TPSA) is 58.4 Å². The lowest BCUT2D eigenvalue weighted by atomic mass is 10.1. The summed E-state index contributed by atoms with van der Waals surface area (Å²) >= 11 is 1.83. The molecule has 0 spiro atoms. The van der Waals surface area contributed by atoms with Gasteiger partial charge in [0.2, 0.25) is 0 Å². The molecule has 1 aliphatic rings. The first kappa shape index (κ1) is 15.9. The number of rotatable bonds is 3. The van der Waals surface area contributed by atoms with Gasteiger partial charge in [-0.1, -0.05) is 17.3 Å². The van der Waals surface area contributed by atoms with Crippen LogP contribution in [0.4, 0.5) is 11.4 Å². The number of fused-ring (bicyclic) bond motifs is 1. The quantitative estimate of drug-likeness (QED) is 0.768. The molecule has 1 amide bonds. The second kappa shape index (κ2) is 6.37. The van der Waals surface area contributed by atoms with Crippen LogP contribution in [0, 0.1) is 13.8 Å². The summed E-state index contributed by atoms with van der Waals surface area (Å²) in [4.78, 5) is 16.5. The van der Waals surface area contributed by atoms with Crippen molar-refractivity contribution in [3.05, 3.63) is 63.2 Å². The van der Waals surface area contributed by atoms with Crippen LogP contribution in [0.25, 0.3) is 0 Å². The first-order chi connectivity index (χ1) is 12.1. The van der Waals surface area contributed by atoms with Gasteiger partial charge in [-0.25, -0.2) is 0 Å². The molecule has 128 valence electrons. The van der Waals surface area contributed by atoms with Gasteiger partial charge in [-0.15, -0.1) is 11.3 Å². The lowest BCUT2D eigenvalue weighted by molar-refractivity contribution is 0.102. The third kappa shape index (κ3) is 2.93. The Bertz CT molecular complexity index is 909. The summed E-state index contributed by atoms with van der Waals surface area (Å²) in [5, 5.41) is 9.05. The Hall–Kier alpha value is -2.60. The molecule has 0 aliphatic carbocycles. The summed E-state index contributed by atoms with van der Waals surface area (Å²) in [5.74, 6) is 0.352. The minimum absolute atomic E-state index is 0.183. The fourth-order valence-corrected chi connectivity index (χ4v) is 4.19. The van der Waals surface area contributed by atoms with E-state index in [9.17, 15) is 4.79 Å². The van der Waals surface area contributed by atoms with Crippen molar-refractivity contribution in [2.75, 3.05) is 16.8 Å². The van der Waals surface area contributed by atoms with E-state index in [2.05, 4.69) is 32.9 Å². The second-order valence-electron chi connectivity index (χ2n) is 6.21. The van der Waals surface area contributed by atoms with Gasteiger partial charge < -0.3 is 14.7 Å². The highest BCUT2D eigenvalue weighted by Gasteiger charge is 2.22. The van der Waals surface area contributed by atoms with Crippen molar-refractivity contribution in [2.45, 2.75) is 26.8 Å². The Labute approximate surface area is 150 Å². The van der Waals surface area contributed by atoms with Gasteiger partial charge in [0.25, 0.3) is 5.91 Å². The number of thiophene rings is 1. The minimum atomic E-state index is -0.183. The van der Waals surface area contributed by atoms with Crippen molar-refractivity contribution < 1.29 is 9.32 Å². The number of benzene rings is 1. The number of amides is 1. The third-order valence-corrected chi connectivity index (χ3v) is 5.58. The number of carbonyl (C=O) groups is 1. The molecule has 0 saturated heterocycles. The second-order valence-corrected chi connectivity index (χ2v) is 7.21. The SMILES string of the molecule is Cc1noc(C)c1C(=O)Nc1ccccc1N1CCc2sccc2C1. The van der Waals surface area contributed by atoms with Crippen molar-refractivity contribution in [1.29, 1.82) is 0 Å². The number of hydrogen-bond donors (Lipinski definition) is 1. The zero-order valence-corrected chi connectivity index (χ0v) is 15.0. The molecule has 2 aromatic heterocycles. The van der Waals surface area contributed by atoms with E-state index < -0.39 is 0 Å². The average molecular weight is 353 g/mol. The molecule has 0 radical (unpaired) electrons. The van der Waals surface area contributed by atoms with Crippen LogP contribution in [0.1, 0.15) is 32.3 Å². The molecular formula is C19H19N3O2S. The molecule has 4 rings (SSSR count). The molecule has 0 saturated carbocycles. The van der Waals surface area contributed by atoms with Gasteiger partial charge in [-0.2, -0.15) is 0 Å². The van der Waals surface area contributed by atoms with Gasteiger partial charge in [0.05, 0.1) is 17.1 Å². The van der Waals surface area contributed by atoms with Crippen molar-refractivity contribution in [3.63, 3.8) is 0 Å². The summed E-state index contributed by atoms with van der Waals surface area (Å²) < 4.78 is 5.11. The molecule has 0 unspecified atom stereocenters. The number of anilines is 2. The van der Waals surface area contributed by atoms with Gasteiger partial charge in [0, 0.05) is 18.0 Å². The van der Waals surface area contributed by atoms with E-state index in [4.69, 9.17) is 4.52 Å². The highest BCUT2D eigenvalue weighted by atomic mass is 32.1. The Morgan fingerprint density at radius 1 is 1.28 bits per heavy atom. The minimum Gasteiger partial charge on any atom is -0.365 e. The maximum absolute atomic E-state index is 12.7. The van der Waals surface area contributed by atoms with Gasteiger partial charge in [0.15, 0.2) is 0 Å². The van der Waals surface area contributed by atoms with Crippen molar-refractivity contribution in [3.8, 4) is 0 Å². The van der Waals surface area contributed by atoms with E-state index in [0.717, 1.165) is 30.9 Å². The highest BCUT2D eigenvalue weighted by molar-refractivity contribution is 7.10. The first-order valence-corrected chi connectivity index (χ1v) is 9.15. The monoisotopic (exact) mass is 353 g/mol. The Balaban J connectivity index is 1.61. The zero-order valence-electron chi connectivity index (χ0n) is 14.2. The Morgan fingerprint density at radius 3 is 2.92 bits per heavy atom. The van der Waals surface area contributed by atoms with E-state index in [1.807, 2.05) is 29.5 Å². The molecule has 0 atom stereocenters. The number of nitrogens with zero attached hydrogens (tertiary/aromatic N) is 2. The standard InChI is InChI=1S/C19H19N3O2S/c1-12-18(13(2)24-21-12)19(23)20-15-5-3-4-6-16(15)22-9-7-17-14(11-22)8-10-25-17/h3-6,8,10H,7,9,11H2,1-2H3,(H,20,23). The van der Waals surface area contributed by atoms with E-state index in [0.29, 0.717) is 17.0 Å². The maximum atomic E-state index is 12.7. The number of carbonyl (C=O) groups excluding carboxylic acids is 1. The summed E-state index contributed by atoms with van der Waals surface area (Å²) in [6, 6.07) is 10.1. The van der Waals surface area contributed by atoms with E-state index >= 15 is 0 Å². The van der Waals surface area contributed by atoms with Crippen LogP contribution in [-0.2, 0) is 13.0 Å². The van der Waals surface area contributed by atoms with Crippen LogP contribution >= 0.6 is 11.3 Å².